The molecule has 0 radical (unpaired) electrons. The molecule has 3 aliphatic rings. The van der Waals surface area contributed by atoms with Crippen molar-refractivity contribution in [2.75, 3.05) is 37.6 Å². The zero-order valence-electron chi connectivity index (χ0n) is 14.5. The van der Waals surface area contributed by atoms with Gasteiger partial charge in [-0.1, -0.05) is 11.6 Å². The first-order valence-corrected chi connectivity index (χ1v) is 9.38. The molecular weight excluding hydrogens is 352 g/mol. The Morgan fingerprint density at radius 1 is 1.38 bits per heavy atom. The largest absolute Gasteiger partial charge is 0.355 e. The van der Waals surface area contributed by atoms with Gasteiger partial charge in [0.25, 0.3) is 0 Å². The number of nitrogens with one attached hydrogen (secondary N) is 1. The van der Waals surface area contributed by atoms with E-state index in [4.69, 9.17) is 16.9 Å². The normalized spacial score (nSPS) is 29.8. The van der Waals surface area contributed by atoms with Crippen LogP contribution in [0.2, 0.25) is 5.02 Å². The Bertz CT molecular complexity index is 795. The van der Waals surface area contributed by atoms with E-state index < -0.39 is 0 Å². The molecule has 0 saturated carbocycles. The van der Waals surface area contributed by atoms with Crippen LogP contribution in [-0.2, 0) is 9.59 Å². The van der Waals surface area contributed by atoms with Crippen LogP contribution in [0.1, 0.15) is 24.8 Å². The van der Waals surface area contributed by atoms with Crippen molar-refractivity contribution in [2.24, 2.45) is 11.3 Å². The van der Waals surface area contributed by atoms with E-state index in [1.165, 1.54) is 0 Å². The molecule has 0 aliphatic carbocycles. The highest BCUT2D eigenvalue weighted by Gasteiger charge is 2.44. The number of carbonyl (C=O) groups is 2. The zero-order chi connectivity index (χ0) is 18.3. The molecule has 1 unspecified atom stereocenters. The Labute approximate surface area is 157 Å². The second-order valence-corrected chi connectivity index (χ2v) is 8.08. The molecule has 3 fully saturated rings. The van der Waals surface area contributed by atoms with E-state index in [1.54, 1.807) is 23.1 Å². The molecule has 3 saturated heterocycles. The lowest BCUT2D eigenvalue weighted by atomic mass is 9.84. The summed E-state index contributed by atoms with van der Waals surface area (Å²) in [6.07, 6.45) is 2.50. The van der Waals surface area contributed by atoms with Gasteiger partial charge in [-0.2, -0.15) is 5.26 Å². The zero-order valence-corrected chi connectivity index (χ0v) is 15.3. The van der Waals surface area contributed by atoms with E-state index in [0.29, 0.717) is 29.4 Å². The van der Waals surface area contributed by atoms with Gasteiger partial charge in [-0.3, -0.25) is 9.59 Å². The number of carbonyl (C=O) groups excluding carboxylic acids is 2. The third kappa shape index (κ3) is 3.06. The van der Waals surface area contributed by atoms with Crippen LogP contribution >= 0.6 is 11.6 Å². The molecule has 1 atom stereocenters. The molecule has 7 heteroatoms. The predicted octanol–water partition coefficient (Wildman–Crippen LogP) is 1.78. The number of nitriles is 1. The summed E-state index contributed by atoms with van der Waals surface area (Å²) in [5.74, 6) is -0.468. The van der Waals surface area contributed by atoms with Crippen molar-refractivity contribution in [2.45, 2.75) is 19.3 Å². The molecule has 6 nitrogen and oxygen atoms in total. The summed E-state index contributed by atoms with van der Waals surface area (Å²) in [5.41, 5.74) is 1.24. The summed E-state index contributed by atoms with van der Waals surface area (Å²) < 4.78 is 0. The fourth-order valence-electron chi connectivity index (χ4n) is 4.36. The van der Waals surface area contributed by atoms with Crippen LogP contribution in [0.15, 0.2) is 18.2 Å². The number of benzene rings is 1. The second kappa shape index (κ2) is 6.57. The first-order valence-electron chi connectivity index (χ1n) is 9.00. The summed E-state index contributed by atoms with van der Waals surface area (Å²) in [6, 6.07) is 6.92. The van der Waals surface area contributed by atoms with Crippen LogP contribution in [0.25, 0.3) is 0 Å². The van der Waals surface area contributed by atoms with E-state index in [1.807, 2.05) is 6.07 Å². The lowest BCUT2D eigenvalue weighted by Crippen LogP contribution is -2.40. The minimum absolute atomic E-state index is 0.0414. The van der Waals surface area contributed by atoms with Crippen molar-refractivity contribution in [3.05, 3.63) is 28.8 Å². The molecule has 4 rings (SSSR count). The standard InChI is InChI=1S/C19H21ClN4O2/c20-16-8-15(2-1-13(16)9-21)24-10-14(7-17(24)25)18(26)22-11-19-3-5-23(12-19)6-4-19/h1-2,8,14H,3-7,10-12H2,(H,22,26). The molecule has 2 bridgehead atoms. The molecule has 1 aromatic carbocycles. The van der Waals surface area contributed by atoms with Crippen LogP contribution in [-0.4, -0.2) is 49.4 Å². The van der Waals surface area contributed by atoms with Crippen molar-refractivity contribution >= 4 is 29.1 Å². The van der Waals surface area contributed by atoms with E-state index in [2.05, 4.69) is 10.2 Å². The highest BCUT2D eigenvalue weighted by atomic mass is 35.5. The van der Waals surface area contributed by atoms with Crippen LogP contribution in [0.4, 0.5) is 5.69 Å². The van der Waals surface area contributed by atoms with E-state index >= 15 is 0 Å². The van der Waals surface area contributed by atoms with Gasteiger partial charge in [0.1, 0.15) is 6.07 Å². The number of piperidine rings is 1. The highest BCUT2D eigenvalue weighted by molar-refractivity contribution is 6.32. The van der Waals surface area contributed by atoms with Gasteiger partial charge in [-0.15, -0.1) is 0 Å². The van der Waals surface area contributed by atoms with E-state index in [9.17, 15) is 9.59 Å². The van der Waals surface area contributed by atoms with Gasteiger partial charge in [0.2, 0.25) is 11.8 Å². The number of hydrogen-bond acceptors (Lipinski definition) is 4. The SMILES string of the molecule is N#Cc1ccc(N2CC(C(=O)NCC34CCN(CC3)C4)CC2=O)cc1Cl. The van der Waals surface area contributed by atoms with E-state index in [0.717, 1.165) is 32.5 Å². The first kappa shape index (κ1) is 17.3. The third-order valence-electron chi connectivity index (χ3n) is 5.99. The van der Waals surface area contributed by atoms with Gasteiger partial charge < -0.3 is 15.1 Å². The van der Waals surface area contributed by atoms with Crippen molar-refractivity contribution in [3.8, 4) is 6.07 Å². The Balaban J connectivity index is 1.39. The molecule has 136 valence electrons. The lowest BCUT2D eigenvalue weighted by molar-refractivity contribution is -0.126. The van der Waals surface area contributed by atoms with Gasteiger partial charge in [-0.25, -0.2) is 0 Å². The molecule has 3 aliphatic heterocycles. The predicted molar refractivity (Wildman–Crippen MR) is 97.7 cm³/mol. The maximum Gasteiger partial charge on any atom is 0.227 e. The maximum atomic E-state index is 12.6. The average Bonchev–Trinajstić information content (AvgIpc) is 3.34. The Kier molecular flexibility index (Phi) is 4.37. The Hall–Kier alpha value is -2.10. The monoisotopic (exact) mass is 372 g/mol. The molecule has 3 heterocycles. The van der Waals surface area contributed by atoms with Gasteiger partial charge in [0, 0.05) is 37.2 Å². The molecule has 1 N–H and O–H groups in total. The van der Waals surface area contributed by atoms with Crippen molar-refractivity contribution < 1.29 is 9.59 Å². The van der Waals surface area contributed by atoms with E-state index in [-0.39, 0.29) is 29.6 Å². The Morgan fingerprint density at radius 3 is 2.77 bits per heavy atom. The van der Waals surface area contributed by atoms with Crippen LogP contribution in [0, 0.1) is 22.7 Å². The molecular formula is C19H21ClN4O2. The van der Waals surface area contributed by atoms with Gasteiger partial charge >= 0.3 is 0 Å². The van der Waals surface area contributed by atoms with Gasteiger partial charge in [0.05, 0.1) is 16.5 Å². The van der Waals surface area contributed by atoms with Crippen LogP contribution in [0.3, 0.4) is 0 Å². The maximum absolute atomic E-state index is 12.6. The molecule has 1 aromatic rings. The molecule has 0 aromatic heterocycles. The quantitative estimate of drug-likeness (QED) is 0.874. The fraction of sp³-hybridized carbons (Fsp3) is 0.526. The number of halogens is 1. The average molecular weight is 373 g/mol. The summed E-state index contributed by atoms with van der Waals surface area (Å²) >= 11 is 6.07. The summed E-state index contributed by atoms with van der Waals surface area (Å²) in [7, 11) is 0. The summed E-state index contributed by atoms with van der Waals surface area (Å²) in [6.45, 7) is 4.39. The minimum Gasteiger partial charge on any atom is -0.355 e. The summed E-state index contributed by atoms with van der Waals surface area (Å²) in [5, 5.41) is 12.4. The fourth-order valence-corrected chi connectivity index (χ4v) is 4.58. The number of nitrogens with zero attached hydrogens (tertiary/aromatic N) is 3. The number of amides is 2. The minimum atomic E-state index is -0.341. The van der Waals surface area contributed by atoms with Crippen LogP contribution in [0.5, 0.6) is 0 Å². The van der Waals surface area contributed by atoms with Gasteiger partial charge in [-0.05, 0) is 44.1 Å². The highest BCUT2D eigenvalue weighted by Crippen LogP contribution is 2.39. The van der Waals surface area contributed by atoms with Crippen molar-refractivity contribution in [3.63, 3.8) is 0 Å². The molecule has 0 spiro atoms. The Morgan fingerprint density at radius 2 is 2.15 bits per heavy atom. The first-order chi connectivity index (χ1) is 12.5. The smallest absolute Gasteiger partial charge is 0.227 e. The third-order valence-corrected chi connectivity index (χ3v) is 6.31. The number of rotatable bonds is 4. The van der Waals surface area contributed by atoms with Gasteiger partial charge in [0.15, 0.2) is 0 Å². The summed E-state index contributed by atoms with van der Waals surface area (Å²) in [4.78, 5) is 29.0. The number of anilines is 1. The molecule has 2 amide bonds. The lowest BCUT2D eigenvalue weighted by Gasteiger charge is -2.26. The second-order valence-electron chi connectivity index (χ2n) is 7.68. The van der Waals surface area contributed by atoms with Crippen LogP contribution < -0.4 is 10.2 Å². The van der Waals surface area contributed by atoms with Crippen molar-refractivity contribution in [1.82, 2.24) is 10.2 Å². The number of hydrogen-bond donors (Lipinski definition) is 1. The molecule has 26 heavy (non-hydrogen) atoms. The topological polar surface area (TPSA) is 76.4 Å². The van der Waals surface area contributed by atoms with Crippen molar-refractivity contribution in [1.29, 1.82) is 5.26 Å². The number of fused-ring (bicyclic) bond motifs is 2.